The summed E-state index contributed by atoms with van der Waals surface area (Å²) < 4.78 is 22.2. The highest BCUT2D eigenvalue weighted by Crippen LogP contribution is 2.42. The maximum Gasteiger partial charge on any atom is 0.231 e. The standard InChI is InChI=1S/C19H21NO4/c1-11-6-16(22-3)14(9-15(11)21-2)19-13-8-18-17(23-10-24-18)7-12(13)4-5-20-19/h6-9,19-20H,4-5,10H2,1-3H3. The van der Waals surface area contributed by atoms with Gasteiger partial charge in [0.1, 0.15) is 11.5 Å². The Labute approximate surface area is 141 Å². The fraction of sp³-hybridized carbons (Fsp3) is 0.368. The minimum Gasteiger partial charge on any atom is -0.496 e. The SMILES string of the molecule is COc1cc(C2NCCc3cc4c(cc32)OCO4)c(OC)cc1C. The summed E-state index contributed by atoms with van der Waals surface area (Å²) in [6.45, 7) is 3.21. The predicted molar refractivity (Wildman–Crippen MR) is 90.4 cm³/mol. The van der Waals surface area contributed by atoms with Gasteiger partial charge in [0.05, 0.1) is 20.3 Å². The molecule has 5 nitrogen and oxygen atoms in total. The number of rotatable bonds is 3. The molecule has 0 aromatic heterocycles. The smallest absolute Gasteiger partial charge is 0.231 e. The number of hydrogen-bond donors (Lipinski definition) is 1. The average molecular weight is 327 g/mol. The van der Waals surface area contributed by atoms with Crippen LogP contribution in [0.3, 0.4) is 0 Å². The number of hydrogen-bond acceptors (Lipinski definition) is 5. The Kier molecular flexibility index (Phi) is 3.73. The molecule has 0 saturated heterocycles. The molecule has 5 heteroatoms. The third-order valence-electron chi connectivity index (χ3n) is 4.75. The summed E-state index contributed by atoms with van der Waals surface area (Å²) >= 11 is 0. The molecule has 0 radical (unpaired) electrons. The lowest BCUT2D eigenvalue weighted by molar-refractivity contribution is 0.174. The average Bonchev–Trinajstić information content (AvgIpc) is 3.06. The number of fused-ring (bicyclic) bond motifs is 2. The summed E-state index contributed by atoms with van der Waals surface area (Å²) in [5, 5.41) is 3.60. The highest BCUT2D eigenvalue weighted by atomic mass is 16.7. The van der Waals surface area contributed by atoms with Gasteiger partial charge in [0.25, 0.3) is 0 Å². The molecule has 2 aromatic rings. The molecule has 2 aromatic carbocycles. The molecule has 1 atom stereocenters. The van der Waals surface area contributed by atoms with Crippen LogP contribution in [0.15, 0.2) is 24.3 Å². The van der Waals surface area contributed by atoms with Gasteiger partial charge in [-0.05, 0) is 54.3 Å². The van der Waals surface area contributed by atoms with Crippen LogP contribution in [-0.2, 0) is 6.42 Å². The Morgan fingerprint density at radius 3 is 2.46 bits per heavy atom. The first-order valence-electron chi connectivity index (χ1n) is 8.09. The van der Waals surface area contributed by atoms with E-state index in [1.54, 1.807) is 14.2 Å². The molecule has 1 N–H and O–H groups in total. The molecule has 2 aliphatic rings. The van der Waals surface area contributed by atoms with E-state index in [1.807, 2.05) is 13.0 Å². The maximum atomic E-state index is 5.64. The number of benzene rings is 2. The lowest BCUT2D eigenvalue weighted by Crippen LogP contribution is -2.30. The molecule has 0 amide bonds. The van der Waals surface area contributed by atoms with E-state index >= 15 is 0 Å². The molecule has 1 unspecified atom stereocenters. The van der Waals surface area contributed by atoms with E-state index in [-0.39, 0.29) is 12.8 Å². The largest absolute Gasteiger partial charge is 0.496 e. The van der Waals surface area contributed by atoms with Crippen molar-refractivity contribution in [2.45, 2.75) is 19.4 Å². The van der Waals surface area contributed by atoms with Crippen molar-refractivity contribution in [3.8, 4) is 23.0 Å². The molecular weight excluding hydrogens is 306 g/mol. The Morgan fingerprint density at radius 2 is 1.71 bits per heavy atom. The van der Waals surface area contributed by atoms with Crippen LogP contribution < -0.4 is 24.3 Å². The van der Waals surface area contributed by atoms with Crippen LogP contribution in [0.2, 0.25) is 0 Å². The van der Waals surface area contributed by atoms with Crippen LogP contribution >= 0.6 is 0 Å². The second-order valence-electron chi connectivity index (χ2n) is 6.11. The molecule has 24 heavy (non-hydrogen) atoms. The van der Waals surface area contributed by atoms with E-state index in [1.165, 1.54) is 11.1 Å². The summed E-state index contributed by atoms with van der Waals surface area (Å²) in [5.74, 6) is 3.36. The van der Waals surface area contributed by atoms with Gasteiger partial charge in [-0.2, -0.15) is 0 Å². The van der Waals surface area contributed by atoms with Crippen molar-refractivity contribution >= 4 is 0 Å². The van der Waals surface area contributed by atoms with E-state index in [9.17, 15) is 0 Å². The molecule has 0 spiro atoms. The lowest BCUT2D eigenvalue weighted by atomic mass is 9.88. The third-order valence-corrected chi connectivity index (χ3v) is 4.75. The molecule has 2 aliphatic heterocycles. The first-order chi connectivity index (χ1) is 11.7. The van der Waals surface area contributed by atoms with Gasteiger partial charge in [0.2, 0.25) is 6.79 Å². The molecule has 0 bridgehead atoms. The van der Waals surface area contributed by atoms with Gasteiger partial charge < -0.3 is 24.3 Å². The van der Waals surface area contributed by atoms with Crippen LogP contribution in [0.5, 0.6) is 23.0 Å². The fourth-order valence-electron chi connectivity index (χ4n) is 3.52. The van der Waals surface area contributed by atoms with E-state index in [0.29, 0.717) is 0 Å². The lowest BCUT2D eigenvalue weighted by Gasteiger charge is -2.29. The normalized spacial score (nSPS) is 18.2. The number of aryl methyl sites for hydroxylation is 1. The van der Waals surface area contributed by atoms with E-state index < -0.39 is 0 Å². The Hall–Kier alpha value is -2.40. The number of nitrogens with one attached hydrogen (secondary N) is 1. The number of ether oxygens (including phenoxy) is 4. The minimum atomic E-state index is 0.0349. The van der Waals surface area contributed by atoms with Gasteiger partial charge in [-0.25, -0.2) is 0 Å². The summed E-state index contributed by atoms with van der Waals surface area (Å²) in [4.78, 5) is 0. The van der Waals surface area contributed by atoms with Gasteiger partial charge in [-0.15, -0.1) is 0 Å². The van der Waals surface area contributed by atoms with Gasteiger partial charge in [0, 0.05) is 12.1 Å². The van der Waals surface area contributed by atoms with Crippen LogP contribution in [0.25, 0.3) is 0 Å². The molecule has 2 heterocycles. The Morgan fingerprint density at radius 1 is 0.958 bits per heavy atom. The van der Waals surface area contributed by atoms with Crippen LogP contribution in [0, 0.1) is 6.92 Å². The maximum absolute atomic E-state index is 5.64. The van der Waals surface area contributed by atoms with Crippen molar-refractivity contribution in [2.24, 2.45) is 0 Å². The molecule has 0 aliphatic carbocycles. The predicted octanol–water partition coefficient (Wildman–Crippen LogP) is 2.98. The Balaban J connectivity index is 1.84. The van der Waals surface area contributed by atoms with Gasteiger partial charge in [-0.1, -0.05) is 0 Å². The molecular formula is C19H21NO4. The van der Waals surface area contributed by atoms with Crippen molar-refractivity contribution < 1.29 is 18.9 Å². The van der Waals surface area contributed by atoms with E-state index in [0.717, 1.165) is 47.1 Å². The topological polar surface area (TPSA) is 49.0 Å². The van der Waals surface area contributed by atoms with Gasteiger partial charge in [0.15, 0.2) is 11.5 Å². The van der Waals surface area contributed by atoms with Crippen molar-refractivity contribution in [1.29, 1.82) is 0 Å². The first-order valence-corrected chi connectivity index (χ1v) is 8.09. The highest BCUT2D eigenvalue weighted by molar-refractivity contribution is 5.56. The van der Waals surface area contributed by atoms with Crippen LogP contribution in [0.4, 0.5) is 0 Å². The zero-order valence-corrected chi connectivity index (χ0v) is 14.1. The summed E-state index contributed by atoms with van der Waals surface area (Å²) in [6.07, 6.45) is 0.966. The molecule has 126 valence electrons. The number of methoxy groups -OCH3 is 2. The quantitative estimate of drug-likeness (QED) is 0.939. The second kappa shape index (κ2) is 5.91. The molecule has 0 saturated carbocycles. The third kappa shape index (κ3) is 2.36. The summed E-state index contributed by atoms with van der Waals surface area (Å²) in [5.41, 5.74) is 4.61. The van der Waals surface area contributed by atoms with Crippen molar-refractivity contribution in [2.75, 3.05) is 27.6 Å². The van der Waals surface area contributed by atoms with Gasteiger partial charge in [-0.3, -0.25) is 0 Å². The fourth-order valence-corrected chi connectivity index (χ4v) is 3.52. The summed E-state index contributed by atoms with van der Waals surface area (Å²) in [7, 11) is 3.40. The molecule has 4 rings (SSSR count). The summed E-state index contributed by atoms with van der Waals surface area (Å²) in [6, 6.07) is 8.31. The zero-order valence-electron chi connectivity index (χ0n) is 14.1. The second-order valence-corrected chi connectivity index (χ2v) is 6.11. The molecule has 0 fully saturated rings. The Bertz CT molecular complexity index is 787. The van der Waals surface area contributed by atoms with Crippen molar-refractivity contribution in [1.82, 2.24) is 5.32 Å². The minimum absolute atomic E-state index is 0.0349. The van der Waals surface area contributed by atoms with Crippen LogP contribution in [0.1, 0.15) is 28.3 Å². The van der Waals surface area contributed by atoms with Crippen LogP contribution in [-0.4, -0.2) is 27.6 Å². The first kappa shape index (κ1) is 15.1. The monoisotopic (exact) mass is 327 g/mol. The van der Waals surface area contributed by atoms with Gasteiger partial charge >= 0.3 is 0 Å². The van der Waals surface area contributed by atoms with Crippen molar-refractivity contribution in [3.05, 3.63) is 46.5 Å². The zero-order chi connectivity index (χ0) is 16.7. The van der Waals surface area contributed by atoms with E-state index in [4.69, 9.17) is 18.9 Å². The highest BCUT2D eigenvalue weighted by Gasteiger charge is 2.28. The van der Waals surface area contributed by atoms with Crippen molar-refractivity contribution in [3.63, 3.8) is 0 Å². The van der Waals surface area contributed by atoms with E-state index in [2.05, 4.69) is 23.5 Å².